The van der Waals surface area contributed by atoms with E-state index in [2.05, 4.69) is 22.8 Å². The minimum Gasteiger partial charge on any atom is -0.353 e. The van der Waals surface area contributed by atoms with Gasteiger partial charge in [0.05, 0.1) is 4.92 Å². The molecule has 0 spiro atoms. The summed E-state index contributed by atoms with van der Waals surface area (Å²) < 4.78 is 0. The Morgan fingerprint density at radius 2 is 1.84 bits per heavy atom. The number of nitrogens with zero attached hydrogens (tertiary/aromatic N) is 1. The molecule has 3 rings (SSSR count). The lowest BCUT2D eigenvalue weighted by Crippen LogP contribution is -2.50. The average molecular weight is 456 g/mol. The number of thioether (sulfide) groups is 1. The third kappa shape index (κ3) is 5.88. The standard InChI is InChI=1S/C24H29N3O4S/c1-32-15-12-21(26-22(28)18-8-7-11-20(16-18)27(30)31)23(29)25-17-24(13-5-6-14-24)19-9-3-2-4-10-19/h2-4,7-11,16,21H,5-6,12-15,17H2,1H3,(H,25,29)(H,26,28). The predicted molar refractivity (Wildman–Crippen MR) is 127 cm³/mol. The minimum absolute atomic E-state index is 0.0783. The molecule has 8 heteroatoms. The van der Waals surface area contributed by atoms with Gasteiger partial charge in [0.2, 0.25) is 5.91 Å². The smallest absolute Gasteiger partial charge is 0.270 e. The van der Waals surface area contributed by atoms with Crippen LogP contribution in [0, 0.1) is 10.1 Å². The van der Waals surface area contributed by atoms with E-state index in [1.54, 1.807) is 11.8 Å². The molecule has 7 nitrogen and oxygen atoms in total. The SMILES string of the molecule is CSCCC(NC(=O)c1cccc([N+](=O)[O-])c1)C(=O)NCC1(c2ccccc2)CCCC1. The van der Waals surface area contributed by atoms with Gasteiger partial charge in [0.25, 0.3) is 11.6 Å². The van der Waals surface area contributed by atoms with Gasteiger partial charge in [-0.15, -0.1) is 0 Å². The van der Waals surface area contributed by atoms with Crippen molar-refractivity contribution < 1.29 is 14.5 Å². The lowest BCUT2D eigenvalue weighted by molar-refractivity contribution is -0.384. The van der Waals surface area contributed by atoms with Crippen LogP contribution < -0.4 is 10.6 Å². The number of rotatable bonds is 10. The zero-order valence-corrected chi connectivity index (χ0v) is 19.0. The van der Waals surface area contributed by atoms with E-state index >= 15 is 0 Å². The van der Waals surface area contributed by atoms with Crippen molar-refractivity contribution >= 4 is 29.3 Å². The third-order valence-electron chi connectivity index (χ3n) is 6.10. The Bertz CT molecular complexity index is 945. The van der Waals surface area contributed by atoms with Gasteiger partial charge in [-0.2, -0.15) is 11.8 Å². The van der Waals surface area contributed by atoms with E-state index in [0.717, 1.165) is 25.7 Å². The van der Waals surface area contributed by atoms with E-state index in [4.69, 9.17) is 0 Å². The Kier molecular flexibility index (Phi) is 8.27. The van der Waals surface area contributed by atoms with Crippen molar-refractivity contribution in [1.82, 2.24) is 10.6 Å². The second kappa shape index (κ2) is 11.1. The first-order chi connectivity index (χ1) is 15.4. The predicted octanol–water partition coefficient (Wildman–Crippen LogP) is 4.07. The highest BCUT2D eigenvalue weighted by Gasteiger charge is 2.36. The molecule has 1 aliphatic carbocycles. The maximum Gasteiger partial charge on any atom is 0.270 e. The molecule has 0 radical (unpaired) electrons. The number of nitrogens with one attached hydrogen (secondary N) is 2. The molecule has 0 saturated heterocycles. The maximum atomic E-state index is 13.1. The van der Waals surface area contributed by atoms with Crippen LogP contribution in [0.3, 0.4) is 0 Å². The van der Waals surface area contributed by atoms with E-state index in [1.165, 1.54) is 29.8 Å². The molecule has 2 N–H and O–H groups in total. The highest BCUT2D eigenvalue weighted by atomic mass is 32.2. The Labute approximate surface area is 192 Å². The third-order valence-corrected chi connectivity index (χ3v) is 6.74. The van der Waals surface area contributed by atoms with Crippen molar-refractivity contribution in [3.63, 3.8) is 0 Å². The number of hydrogen-bond donors (Lipinski definition) is 2. The first-order valence-corrected chi connectivity index (χ1v) is 12.2. The van der Waals surface area contributed by atoms with Crippen LogP contribution in [-0.4, -0.2) is 41.3 Å². The van der Waals surface area contributed by atoms with Crippen molar-refractivity contribution in [2.75, 3.05) is 18.6 Å². The summed E-state index contributed by atoms with van der Waals surface area (Å²) in [6.07, 6.45) is 6.72. The molecule has 2 aromatic carbocycles. The summed E-state index contributed by atoms with van der Waals surface area (Å²) in [4.78, 5) is 36.3. The molecule has 1 unspecified atom stereocenters. The molecule has 0 heterocycles. The van der Waals surface area contributed by atoms with Crippen LogP contribution in [-0.2, 0) is 10.2 Å². The molecule has 1 saturated carbocycles. The fraction of sp³-hybridized carbons (Fsp3) is 0.417. The number of carbonyl (C=O) groups excluding carboxylic acids is 2. The topological polar surface area (TPSA) is 101 Å². The number of amides is 2. The number of benzene rings is 2. The Hall–Kier alpha value is -2.87. The summed E-state index contributed by atoms with van der Waals surface area (Å²) in [5.74, 6) is -0.00874. The second-order valence-electron chi connectivity index (χ2n) is 8.19. The zero-order chi connectivity index (χ0) is 23.0. The van der Waals surface area contributed by atoms with Gasteiger partial charge in [-0.3, -0.25) is 19.7 Å². The van der Waals surface area contributed by atoms with Crippen LogP contribution in [0.5, 0.6) is 0 Å². The van der Waals surface area contributed by atoms with Gasteiger partial charge in [0.1, 0.15) is 6.04 Å². The van der Waals surface area contributed by atoms with Crippen molar-refractivity contribution in [3.05, 3.63) is 75.8 Å². The lowest BCUT2D eigenvalue weighted by atomic mass is 9.79. The maximum absolute atomic E-state index is 13.1. The first-order valence-electron chi connectivity index (χ1n) is 10.8. The van der Waals surface area contributed by atoms with Crippen LogP contribution in [0.25, 0.3) is 0 Å². The number of hydrogen-bond acceptors (Lipinski definition) is 5. The normalized spacial score (nSPS) is 15.7. The molecule has 170 valence electrons. The van der Waals surface area contributed by atoms with Gasteiger partial charge in [0.15, 0.2) is 0 Å². The summed E-state index contributed by atoms with van der Waals surface area (Å²) in [5, 5.41) is 16.9. The molecule has 1 fully saturated rings. The van der Waals surface area contributed by atoms with Crippen LogP contribution in [0.1, 0.15) is 48.0 Å². The number of carbonyl (C=O) groups is 2. The van der Waals surface area contributed by atoms with Crippen molar-refractivity contribution in [2.24, 2.45) is 0 Å². The lowest BCUT2D eigenvalue weighted by Gasteiger charge is -2.31. The quantitative estimate of drug-likeness (QED) is 0.415. The van der Waals surface area contributed by atoms with Crippen LogP contribution in [0.4, 0.5) is 5.69 Å². The van der Waals surface area contributed by atoms with Crippen molar-refractivity contribution in [2.45, 2.75) is 43.6 Å². The highest BCUT2D eigenvalue weighted by molar-refractivity contribution is 7.98. The van der Waals surface area contributed by atoms with Crippen LogP contribution in [0.15, 0.2) is 54.6 Å². The largest absolute Gasteiger partial charge is 0.353 e. The van der Waals surface area contributed by atoms with Gasteiger partial charge >= 0.3 is 0 Å². The molecular formula is C24H29N3O4S. The molecule has 0 bridgehead atoms. The van der Waals surface area contributed by atoms with Crippen LogP contribution >= 0.6 is 11.8 Å². The summed E-state index contributed by atoms with van der Waals surface area (Å²) in [6.45, 7) is 0.526. The first kappa shape index (κ1) is 23.8. The number of non-ortho nitro benzene ring substituents is 1. The van der Waals surface area contributed by atoms with Gasteiger partial charge in [-0.1, -0.05) is 49.2 Å². The minimum atomic E-state index is -0.705. The Morgan fingerprint density at radius 1 is 1.12 bits per heavy atom. The molecule has 2 amide bonds. The van der Waals surface area contributed by atoms with Crippen molar-refractivity contribution in [1.29, 1.82) is 0 Å². The Morgan fingerprint density at radius 3 is 2.50 bits per heavy atom. The van der Waals surface area contributed by atoms with Gasteiger partial charge in [0, 0.05) is 29.7 Å². The summed E-state index contributed by atoms with van der Waals surface area (Å²) in [6, 6.07) is 15.1. The fourth-order valence-electron chi connectivity index (χ4n) is 4.30. The monoisotopic (exact) mass is 455 g/mol. The molecule has 1 atom stereocenters. The summed E-state index contributed by atoms with van der Waals surface area (Å²) in [7, 11) is 0. The summed E-state index contributed by atoms with van der Waals surface area (Å²) in [5.41, 5.74) is 1.16. The average Bonchev–Trinajstić information content (AvgIpc) is 3.31. The van der Waals surface area contributed by atoms with E-state index in [0.29, 0.717) is 18.7 Å². The van der Waals surface area contributed by atoms with E-state index in [1.807, 2.05) is 24.5 Å². The molecule has 1 aliphatic rings. The van der Waals surface area contributed by atoms with Gasteiger partial charge in [-0.05, 0) is 42.9 Å². The van der Waals surface area contributed by atoms with E-state index in [-0.39, 0.29) is 22.6 Å². The second-order valence-corrected chi connectivity index (χ2v) is 9.17. The Balaban J connectivity index is 1.70. The number of nitro benzene ring substituents is 1. The molecule has 0 aliphatic heterocycles. The van der Waals surface area contributed by atoms with Crippen LogP contribution in [0.2, 0.25) is 0 Å². The van der Waals surface area contributed by atoms with Crippen molar-refractivity contribution in [3.8, 4) is 0 Å². The van der Waals surface area contributed by atoms with Gasteiger partial charge in [-0.25, -0.2) is 0 Å². The zero-order valence-electron chi connectivity index (χ0n) is 18.2. The molecule has 2 aromatic rings. The fourth-order valence-corrected chi connectivity index (χ4v) is 4.77. The van der Waals surface area contributed by atoms with E-state index in [9.17, 15) is 19.7 Å². The highest BCUT2D eigenvalue weighted by Crippen LogP contribution is 2.40. The van der Waals surface area contributed by atoms with E-state index < -0.39 is 16.9 Å². The number of nitro groups is 1. The molecule has 0 aromatic heterocycles. The van der Waals surface area contributed by atoms with Gasteiger partial charge < -0.3 is 10.6 Å². The summed E-state index contributed by atoms with van der Waals surface area (Å²) >= 11 is 1.60. The molecule has 32 heavy (non-hydrogen) atoms. The molecular weight excluding hydrogens is 426 g/mol.